The fourth-order valence-electron chi connectivity index (χ4n) is 2.20. The van der Waals surface area contributed by atoms with Crippen molar-refractivity contribution in [1.82, 2.24) is 10.6 Å². The molecule has 2 unspecified atom stereocenters. The first-order chi connectivity index (χ1) is 8.48. The fraction of sp³-hybridized carbons (Fsp3) is 0.833. The SMILES string of the molecule is CC1(CNC(=O)CNC(=O)CN)CCCCC1O.Cl. The molecular formula is C12H24ClN3O3. The van der Waals surface area contributed by atoms with Gasteiger partial charge in [-0.15, -0.1) is 12.4 Å². The third-order valence-electron chi connectivity index (χ3n) is 3.60. The summed E-state index contributed by atoms with van der Waals surface area (Å²) in [6.07, 6.45) is 3.44. The van der Waals surface area contributed by atoms with Crippen molar-refractivity contribution in [2.24, 2.45) is 11.1 Å². The number of aliphatic hydroxyl groups is 1. The second kappa shape index (κ2) is 8.35. The average Bonchev–Trinajstić information content (AvgIpc) is 2.37. The Morgan fingerprint density at radius 3 is 2.58 bits per heavy atom. The van der Waals surface area contributed by atoms with Gasteiger partial charge in [-0.2, -0.15) is 0 Å². The molecule has 7 heteroatoms. The normalized spacial score (nSPS) is 26.2. The minimum atomic E-state index is -0.370. The molecule has 5 N–H and O–H groups in total. The number of amides is 2. The van der Waals surface area contributed by atoms with Crippen molar-refractivity contribution in [1.29, 1.82) is 0 Å². The van der Waals surface area contributed by atoms with Gasteiger partial charge in [0.2, 0.25) is 11.8 Å². The zero-order valence-electron chi connectivity index (χ0n) is 11.3. The number of halogens is 1. The van der Waals surface area contributed by atoms with Crippen molar-refractivity contribution in [2.75, 3.05) is 19.6 Å². The van der Waals surface area contributed by atoms with Crippen LogP contribution in [0.3, 0.4) is 0 Å². The Kier molecular flexibility index (Phi) is 7.97. The highest BCUT2D eigenvalue weighted by Gasteiger charge is 2.35. The van der Waals surface area contributed by atoms with E-state index in [-0.39, 0.29) is 48.8 Å². The van der Waals surface area contributed by atoms with E-state index in [9.17, 15) is 14.7 Å². The molecule has 0 aromatic carbocycles. The number of carbonyl (C=O) groups excluding carboxylic acids is 2. The van der Waals surface area contributed by atoms with Gasteiger partial charge in [0.25, 0.3) is 0 Å². The Hall–Kier alpha value is -0.850. The second-order valence-corrected chi connectivity index (χ2v) is 5.17. The smallest absolute Gasteiger partial charge is 0.239 e. The third-order valence-corrected chi connectivity index (χ3v) is 3.60. The van der Waals surface area contributed by atoms with Crippen molar-refractivity contribution < 1.29 is 14.7 Å². The molecule has 0 heterocycles. The van der Waals surface area contributed by atoms with Crippen molar-refractivity contribution in [3.8, 4) is 0 Å². The molecule has 1 rings (SSSR count). The van der Waals surface area contributed by atoms with Gasteiger partial charge in [0.05, 0.1) is 19.2 Å². The van der Waals surface area contributed by atoms with Gasteiger partial charge in [0.1, 0.15) is 0 Å². The fourth-order valence-corrected chi connectivity index (χ4v) is 2.20. The topological polar surface area (TPSA) is 104 Å². The van der Waals surface area contributed by atoms with Crippen molar-refractivity contribution in [2.45, 2.75) is 38.7 Å². The zero-order valence-corrected chi connectivity index (χ0v) is 12.1. The molecule has 0 radical (unpaired) electrons. The number of rotatable bonds is 5. The van der Waals surface area contributed by atoms with E-state index in [1.807, 2.05) is 6.92 Å². The molecule has 1 aliphatic carbocycles. The number of hydrogen-bond acceptors (Lipinski definition) is 4. The van der Waals surface area contributed by atoms with Gasteiger partial charge in [-0.05, 0) is 12.8 Å². The Bertz CT molecular complexity index is 315. The molecule has 112 valence electrons. The first kappa shape index (κ1) is 18.1. The summed E-state index contributed by atoms with van der Waals surface area (Å²) in [6, 6.07) is 0. The summed E-state index contributed by atoms with van der Waals surface area (Å²) in [7, 11) is 0. The molecule has 2 atom stereocenters. The lowest BCUT2D eigenvalue weighted by molar-refractivity contribution is -0.126. The second-order valence-electron chi connectivity index (χ2n) is 5.17. The zero-order chi connectivity index (χ0) is 13.6. The minimum absolute atomic E-state index is 0. The van der Waals surface area contributed by atoms with Gasteiger partial charge in [-0.3, -0.25) is 9.59 Å². The van der Waals surface area contributed by atoms with E-state index in [2.05, 4.69) is 10.6 Å². The summed E-state index contributed by atoms with van der Waals surface area (Å²) in [6.45, 7) is 2.23. The van der Waals surface area contributed by atoms with Gasteiger partial charge in [0, 0.05) is 12.0 Å². The third kappa shape index (κ3) is 5.76. The lowest BCUT2D eigenvalue weighted by atomic mass is 9.73. The van der Waals surface area contributed by atoms with Crippen LogP contribution in [-0.2, 0) is 9.59 Å². The predicted octanol–water partition coefficient (Wildman–Crippen LogP) is -0.459. The number of nitrogens with one attached hydrogen (secondary N) is 2. The molecular weight excluding hydrogens is 270 g/mol. The molecule has 1 aliphatic rings. The van der Waals surface area contributed by atoms with Crippen LogP contribution in [0.5, 0.6) is 0 Å². The minimum Gasteiger partial charge on any atom is -0.392 e. The molecule has 19 heavy (non-hydrogen) atoms. The van der Waals surface area contributed by atoms with Crippen molar-refractivity contribution in [3.63, 3.8) is 0 Å². The molecule has 1 saturated carbocycles. The van der Waals surface area contributed by atoms with E-state index in [0.29, 0.717) is 6.54 Å². The average molecular weight is 294 g/mol. The number of carbonyl (C=O) groups is 2. The quantitative estimate of drug-likeness (QED) is 0.550. The summed E-state index contributed by atoms with van der Waals surface area (Å²) >= 11 is 0. The Morgan fingerprint density at radius 1 is 1.32 bits per heavy atom. The highest BCUT2D eigenvalue weighted by atomic mass is 35.5. The summed E-state index contributed by atoms with van der Waals surface area (Å²) in [5, 5.41) is 15.1. The van der Waals surface area contributed by atoms with E-state index in [1.165, 1.54) is 0 Å². The molecule has 0 aromatic heterocycles. The number of nitrogens with two attached hydrogens (primary N) is 1. The standard InChI is InChI=1S/C12H23N3O3.ClH/c1-12(5-3-2-4-9(12)16)8-15-11(18)7-14-10(17)6-13;/h9,16H,2-8,13H2,1H3,(H,14,17)(H,15,18);1H. The molecule has 0 aromatic rings. The van der Waals surface area contributed by atoms with Gasteiger partial charge < -0.3 is 21.5 Å². The first-order valence-corrected chi connectivity index (χ1v) is 6.39. The van der Waals surface area contributed by atoms with Crippen LogP contribution < -0.4 is 16.4 Å². The van der Waals surface area contributed by atoms with E-state index in [1.54, 1.807) is 0 Å². The predicted molar refractivity (Wildman–Crippen MR) is 74.9 cm³/mol. The van der Waals surface area contributed by atoms with Crippen LogP contribution in [0.4, 0.5) is 0 Å². The van der Waals surface area contributed by atoms with Crippen LogP contribution >= 0.6 is 12.4 Å². The van der Waals surface area contributed by atoms with E-state index in [0.717, 1.165) is 25.7 Å². The lowest BCUT2D eigenvalue weighted by Crippen LogP contribution is -2.47. The van der Waals surface area contributed by atoms with Gasteiger partial charge in [-0.25, -0.2) is 0 Å². The van der Waals surface area contributed by atoms with Crippen LogP contribution in [0, 0.1) is 5.41 Å². The summed E-state index contributed by atoms with van der Waals surface area (Å²) < 4.78 is 0. The molecule has 0 spiro atoms. The van der Waals surface area contributed by atoms with Crippen molar-refractivity contribution in [3.05, 3.63) is 0 Å². The number of hydrogen-bond donors (Lipinski definition) is 4. The largest absolute Gasteiger partial charge is 0.392 e. The Morgan fingerprint density at radius 2 is 2.00 bits per heavy atom. The first-order valence-electron chi connectivity index (χ1n) is 6.39. The maximum absolute atomic E-state index is 11.5. The van der Waals surface area contributed by atoms with Crippen LogP contribution in [-0.4, -0.2) is 42.7 Å². The molecule has 0 aliphatic heterocycles. The Labute approximate surface area is 119 Å². The summed E-state index contributed by atoms with van der Waals surface area (Å²) in [5.74, 6) is -0.607. The summed E-state index contributed by atoms with van der Waals surface area (Å²) in [5.41, 5.74) is 4.85. The van der Waals surface area contributed by atoms with Crippen molar-refractivity contribution >= 4 is 24.2 Å². The Balaban J connectivity index is 0.00000324. The van der Waals surface area contributed by atoms with Crippen LogP contribution in [0.2, 0.25) is 0 Å². The maximum atomic E-state index is 11.5. The molecule has 2 amide bonds. The molecule has 6 nitrogen and oxygen atoms in total. The van der Waals surface area contributed by atoms with Gasteiger partial charge >= 0.3 is 0 Å². The maximum Gasteiger partial charge on any atom is 0.239 e. The van der Waals surface area contributed by atoms with Crippen LogP contribution in [0.15, 0.2) is 0 Å². The van der Waals surface area contributed by atoms with Crippen LogP contribution in [0.25, 0.3) is 0 Å². The highest BCUT2D eigenvalue weighted by molar-refractivity contribution is 5.85. The monoisotopic (exact) mass is 293 g/mol. The van der Waals surface area contributed by atoms with Gasteiger partial charge in [-0.1, -0.05) is 19.8 Å². The molecule has 0 bridgehead atoms. The van der Waals surface area contributed by atoms with Gasteiger partial charge in [0.15, 0.2) is 0 Å². The summed E-state index contributed by atoms with van der Waals surface area (Å²) in [4.78, 5) is 22.4. The van der Waals surface area contributed by atoms with Crippen LogP contribution in [0.1, 0.15) is 32.6 Å². The highest BCUT2D eigenvalue weighted by Crippen LogP contribution is 2.35. The molecule has 0 saturated heterocycles. The molecule has 1 fully saturated rings. The van der Waals surface area contributed by atoms with E-state index in [4.69, 9.17) is 5.73 Å². The van der Waals surface area contributed by atoms with E-state index < -0.39 is 0 Å². The number of aliphatic hydroxyl groups excluding tert-OH is 1. The lowest BCUT2D eigenvalue weighted by Gasteiger charge is -2.38. The van der Waals surface area contributed by atoms with E-state index >= 15 is 0 Å².